The molecule has 22 heavy (non-hydrogen) atoms. The van der Waals surface area contributed by atoms with Gasteiger partial charge in [-0.2, -0.15) is 5.10 Å². The van der Waals surface area contributed by atoms with Gasteiger partial charge in [0.2, 0.25) is 0 Å². The van der Waals surface area contributed by atoms with Gasteiger partial charge in [-0.05, 0) is 18.2 Å². The molecule has 0 spiro atoms. The van der Waals surface area contributed by atoms with Crippen molar-refractivity contribution in [3.05, 3.63) is 53.9 Å². The summed E-state index contributed by atoms with van der Waals surface area (Å²) < 4.78 is 9.10. The molecule has 3 aromatic rings. The highest BCUT2D eigenvalue weighted by Crippen LogP contribution is 2.32. The third-order valence-electron chi connectivity index (χ3n) is 4.08. The number of carbonyl (C=O) groups excluding carboxylic acids is 1. The molecule has 1 amide bonds. The van der Waals surface area contributed by atoms with Gasteiger partial charge in [0.1, 0.15) is 0 Å². The number of aryl methyl sites for hydroxylation is 2. The Morgan fingerprint density at radius 1 is 1.27 bits per heavy atom. The van der Waals surface area contributed by atoms with Crippen LogP contribution in [0.3, 0.4) is 0 Å². The van der Waals surface area contributed by atoms with E-state index in [2.05, 4.69) is 11.2 Å². The Morgan fingerprint density at radius 3 is 2.91 bits per heavy atom. The highest BCUT2D eigenvalue weighted by atomic mass is 16.3. The molecule has 1 aliphatic rings. The predicted molar refractivity (Wildman–Crippen MR) is 79.9 cm³/mol. The molecule has 0 N–H and O–H groups in total. The van der Waals surface area contributed by atoms with Gasteiger partial charge in [0, 0.05) is 43.3 Å². The second-order valence-corrected chi connectivity index (χ2v) is 5.60. The molecule has 0 radical (unpaired) electrons. The van der Waals surface area contributed by atoms with Gasteiger partial charge in [-0.1, -0.05) is 0 Å². The first kappa shape index (κ1) is 12.9. The van der Waals surface area contributed by atoms with E-state index in [-0.39, 0.29) is 5.91 Å². The first-order chi connectivity index (χ1) is 10.6. The Balaban J connectivity index is 1.82. The number of rotatable bonds is 1. The van der Waals surface area contributed by atoms with E-state index >= 15 is 0 Å². The fraction of sp³-hybridized carbons (Fsp3) is 0.250. The molecule has 0 aromatic carbocycles. The summed E-state index contributed by atoms with van der Waals surface area (Å²) >= 11 is 0. The zero-order valence-corrected chi connectivity index (χ0v) is 12.5. The van der Waals surface area contributed by atoms with Gasteiger partial charge in [0.05, 0.1) is 25.0 Å². The zero-order valence-electron chi connectivity index (χ0n) is 12.5. The minimum Gasteiger partial charge on any atom is -0.459 e. The quantitative estimate of drug-likeness (QED) is 0.691. The molecule has 1 aliphatic heterocycles. The lowest BCUT2D eigenvalue weighted by Crippen LogP contribution is -2.29. The van der Waals surface area contributed by atoms with Crippen LogP contribution in [0.1, 0.15) is 21.8 Å². The molecule has 6 heteroatoms. The number of fused-ring (bicyclic) bond motifs is 3. The molecule has 4 rings (SSSR count). The third-order valence-corrected chi connectivity index (χ3v) is 4.08. The molecule has 0 fully saturated rings. The first-order valence-electron chi connectivity index (χ1n) is 7.13. The van der Waals surface area contributed by atoms with Crippen LogP contribution in [0.5, 0.6) is 0 Å². The molecule has 0 saturated carbocycles. The van der Waals surface area contributed by atoms with Crippen LogP contribution in [0, 0.1) is 0 Å². The number of amides is 1. The fourth-order valence-corrected chi connectivity index (χ4v) is 3.00. The van der Waals surface area contributed by atoms with Crippen molar-refractivity contribution in [3.8, 4) is 11.3 Å². The molecule has 4 heterocycles. The average molecular weight is 296 g/mol. The van der Waals surface area contributed by atoms with E-state index in [1.54, 1.807) is 21.7 Å². The lowest BCUT2D eigenvalue weighted by molar-refractivity contribution is 0.0696. The summed E-state index contributed by atoms with van der Waals surface area (Å²) in [6.45, 7) is 1.07. The summed E-state index contributed by atoms with van der Waals surface area (Å²) in [6, 6.07) is 5.49. The zero-order chi connectivity index (χ0) is 15.3. The van der Waals surface area contributed by atoms with Gasteiger partial charge < -0.3 is 13.9 Å². The summed E-state index contributed by atoms with van der Waals surface area (Å²) in [7, 11) is 3.89. The number of furan rings is 1. The highest BCUT2D eigenvalue weighted by Gasteiger charge is 2.28. The SMILES string of the molecule is Cn1cc2c(n1)-c1ccn(C)c1CN(C(=O)c1ccco1)C2. The average Bonchev–Trinajstić information content (AvgIpc) is 3.19. The number of hydrogen-bond acceptors (Lipinski definition) is 3. The number of aromatic nitrogens is 3. The lowest BCUT2D eigenvalue weighted by atomic mass is 10.1. The number of hydrogen-bond donors (Lipinski definition) is 0. The lowest BCUT2D eigenvalue weighted by Gasteiger charge is -2.20. The maximum Gasteiger partial charge on any atom is 0.290 e. The summed E-state index contributed by atoms with van der Waals surface area (Å²) in [5.74, 6) is 0.261. The van der Waals surface area contributed by atoms with Crippen LogP contribution in [0.4, 0.5) is 0 Å². The second kappa shape index (κ2) is 4.62. The molecule has 0 bridgehead atoms. The molecule has 6 nitrogen and oxygen atoms in total. The van der Waals surface area contributed by atoms with Crippen molar-refractivity contribution in [2.75, 3.05) is 0 Å². The molecule has 0 saturated heterocycles. The van der Waals surface area contributed by atoms with Crippen molar-refractivity contribution >= 4 is 5.91 Å². The summed E-state index contributed by atoms with van der Waals surface area (Å²) in [4.78, 5) is 14.5. The smallest absolute Gasteiger partial charge is 0.290 e. The van der Waals surface area contributed by atoms with Gasteiger partial charge in [-0.15, -0.1) is 0 Å². The van der Waals surface area contributed by atoms with Crippen molar-refractivity contribution in [1.29, 1.82) is 0 Å². The van der Waals surface area contributed by atoms with E-state index < -0.39 is 0 Å². The maximum atomic E-state index is 12.7. The topological polar surface area (TPSA) is 56.2 Å². The van der Waals surface area contributed by atoms with Gasteiger partial charge in [0.15, 0.2) is 5.76 Å². The standard InChI is InChI=1S/C16H16N4O2/c1-18-6-5-12-13(18)10-20(16(21)14-4-3-7-22-14)9-11-8-19(2)17-15(11)12/h3-8H,9-10H2,1-2H3. The Hall–Kier alpha value is -2.76. The van der Waals surface area contributed by atoms with Crippen molar-refractivity contribution in [1.82, 2.24) is 19.2 Å². The van der Waals surface area contributed by atoms with Crippen LogP contribution in [0.15, 0.2) is 41.3 Å². The minimum atomic E-state index is -0.103. The number of carbonyl (C=O) groups is 1. The van der Waals surface area contributed by atoms with Crippen molar-refractivity contribution in [3.63, 3.8) is 0 Å². The van der Waals surface area contributed by atoms with Gasteiger partial charge in [-0.25, -0.2) is 0 Å². The fourth-order valence-electron chi connectivity index (χ4n) is 3.00. The third kappa shape index (κ3) is 1.88. The van der Waals surface area contributed by atoms with E-state index in [1.165, 1.54) is 6.26 Å². The minimum absolute atomic E-state index is 0.103. The molecule has 0 aliphatic carbocycles. The van der Waals surface area contributed by atoms with Gasteiger partial charge in [-0.3, -0.25) is 9.48 Å². The van der Waals surface area contributed by atoms with Gasteiger partial charge in [0.25, 0.3) is 5.91 Å². The second-order valence-electron chi connectivity index (χ2n) is 5.60. The van der Waals surface area contributed by atoms with Crippen molar-refractivity contribution in [2.45, 2.75) is 13.1 Å². The van der Waals surface area contributed by atoms with Crippen LogP contribution < -0.4 is 0 Å². The van der Waals surface area contributed by atoms with Crippen LogP contribution in [-0.2, 0) is 27.2 Å². The van der Waals surface area contributed by atoms with Crippen LogP contribution in [0.25, 0.3) is 11.3 Å². The molecule has 0 unspecified atom stereocenters. The Bertz CT molecular complexity index is 842. The van der Waals surface area contributed by atoms with Crippen LogP contribution in [-0.4, -0.2) is 25.2 Å². The summed E-state index contributed by atoms with van der Waals surface area (Å²) in [5.41, 5.74) is 4.17. The van der Waals surface area contributed by atoms with E-state index in [0.29, 0.717) is 18.8 Å². The van der Waals surface area contributed by atoms with Crippen molar-refractivity contribution < 1.29 is 9.21 Å². The largest absolute Gasteiger partial charge is 0.459 e. The Labute approximate surface area is 127 Å². The molecular weight excluding hydrogens is 280 g/mol. The van der Waals surface area contributed by atoms with E-state index in [0.717, 1.165) is 22.5 Å². The normalized spacial score (nSPS) is 13.6. The van der Waals surface area contributed by atoms with E-state index in [1.807, 2.05) is 31.1 Å². The van der Waals surface area contributed by atoms with Crippen LogP contribution in [0.2, 0.25) is 0 Å². The molecular formula is C16H16N4O2. The van der Waals surface area contributed by atoms with E-state index in [4.69, 9.17) is 4.42 Å². The Morgan fingerprint density at radius 2 is 2.14 bits per heavy atom. The summed E-state index contributed by atoms with van der Waals surface area (Å²) in [6.07, 6.45) is 5.50. The predicted octanol–water partition coefficient (Wildman–Crippen LogP) is 2.17. The Kier molecular flexibility index (Phi) is 2.72. The van der Waals surface area contributed by atoms with Gasteiger partial charge >= 0.3 is 0 Å². The van der Waals surface area contributed by atoms with E-state index in [9.17, 15) is 4.79 Å². The van der Waals surface area contributed by atoms with Crippen molar-refractivity contribution in [2.24, 2.45) is 14.1 Å². The molecule has 3 aromatic heterocycles. The first-order valence-corrected chi connectivity index (χ1v) is 7.13. The molecule has 112 valence electrons. The molecule has 0 atom stereocenters. The summed E-state index contributed by atoms with van der Waals surface area (Å²) in [5, 5.41) is 4.56. The highest BCUT2D eigenvalue weighted by molar-refractivity contribution is 5.91. The number of nitrogens with zero attached hydrogens (tertiary/aromatic N) is 4. The monoisotopic (exact) mass is 296 g/mol. The van der Waals surface area contributed by atoms with Crippen LogP contribution >= 0.6 is 0 Å². The maximum absolute atomic E-state index is 12.7.